The van der Waals surface area contributed by atoms with Crippen LogP contribution in [-0.4, -0.2) is 21.6 Å². The van der Waals surface area contributed by atoms with E-state index in [0.29, 0.717) is 11.1 Å². The number of fused-ring (bicyclic) bond motifs is 1. The van der Waals surface area contributed by atoms with E-state index in [1.165, 1.54) is 6.07 Å². The van der Waals surface area contributed by atoms with Crippen LogP contribution in [0, 0.1) is 22.0 Å². The van der Waals surface area contributed by atoms with Gasteiger partial charge in [-0.25, -0.2) is 0 Å². The standard InChI is InChI=1S/C12H8N2O4/c15-5-1-2-8-3-4-10-9(6-8)12(16)11(7-13-10)14(17)18/h3-4,6-7,15H,5H2,(H,13,16). The molecule has 18 heavy (non-hydrogen) atoms. The van der Waals surface area contributed by atoms with E-state index in [4.69, 9.17) is 5.11 Å². The number of nitro groups is 1. The van der Waals surface area contributed by atoms with Crippen molar-refractivity contribution in [1.82, 2.24) is 4.98 Å². The third kappa shape index (κ3) is 2.07. The van der Waals surface area contributed by atoms with Crippen molar-refractivity contribution >= 4 is 16.6 Å². The smallest absolute Gasteiger partial charge is 0.332 e. The van der Waals surface area contributed by atoms with E-state index in [2.05, 4.69) is 16.8 Å². The Kier molecular flexibility index (Phi) is 3.08. The molecule has 2 aromatic rings. The highest BCUT2D eigenvalue weighted by Crippen LogP contribution is 2.13. The van der Waals surface area contributed by atoms with E-state index in [9.17, 15) is 14.9 Å². The Morgan fingerprint density at radius 3 is 2.89 bits per heavy atom. The van der Waals surface area contributed by atoms with E-state index in [0.717, 1.165) is 6.20 Å². The number of nitrogens with one attached hydrogen (secondary N) is 1. The van der Waals surface area contributed by atoms with Gasteiger partial charge in [-0.3, -0.25) is 14.9 Å². The molecule has 1 heterocycles. The molecule has 0 aliphatic rings. The van der Waals surface area contributed by atoms with Gasteiger partial charge in [0.1, 0.15) is 6.61 Å². The van der Waals surface area contributed by atoms with Gasteiger partial charge in [0.25, 0.3) is 5.43 Å². The van der Waals surface area contributed by atoms with Gasteiger partial charge in [-0.2, -0.15) is 0 Å². The lowest BCUT2D eigenvalue weighted by Crippen LogP contribution is -2.09. The number of hydrogen-bond donors (Lipinski definition) is 2. The Morgan fingerprint density at radius 1 is 1.44 bits per heavy atom. The van der Waals surface area contributed by atoms with Crippen molar-refractivity contribution in [3.05, 3.63) is 50.3 Å². The molecule has 0 amide bonds. The van der Waals surface area contributed by atoms with E-state index in [-0.39, 0.29) is 12.0 Å². The Hall–Kier alpha value is -2.65. The van der Waals surface area contributed by atoms with Crippen molar-refractivity contribution in [2.75, 3.05) is 6.61 Å². The third-order valence-corrected chi connectivity index (χ3v) is 2.37. The van der Waals surface area contributed by atoms with Crippen LogP contribution in [0.1, 0.15) is 5.56 Å². The lowest BCUT2D eigenvalue weighted by molar-refractivity contribution is -0.386. The van der Waals surface area contributed by atoms with Gasteiger partial charge in [-0.1, -0.05) is 11.8 Å². The summed E-state index contributed by atoms with van der Waals surface area (Å²) in [6.45, 7) is -0.288. The number of aliphatic hydroxyl groups is 1. The maximum absolute atomic E-state index is 11.8. The van der Waals surface area contributed by atoms with Gasteiger partial charge in [0.2, 0.25) is 0 Å². The first-order chi connectivity index (χ1) is 8.63. The zero-order chi connectivity index (χ0) is 13.1. The third-order valence-electron chi connectivity index (χ3n) is 2.37. The molecule has 0 aliphatic heterocycles. The average molecular weight is 244 g/mol. The lowest BCUT2D eigenvalue weighted by atomic mass is 10.1. The SMILES string of the molecule is O=c1c([N+](=O)[O-])c[nH]c2ccc(C#CCO)cc12. The predicted octanol–water partition coefficient (Wildman–Crippen LogP) is 0.780. The number of hydrogen-bond acceptors (Lipinski definition) is 4. The van der Waals surface area contributed by atoms with Gasteiger partial charge in [-0.15, -0.1) is 0 Å². The van der Waals surface area contributed by atoms with Crippen molar-refractivity contribution in [2.24, 2.45) is 0 Å². The molecule has 0 saturated heterocycles. The highest BCUT2D eigenvalue weighted by atomic mass is 16.6. The van der Waals surface area contributed by atoms with Crippen molar-refractivity contribution in [1.29, 1.82) is 0 Å². The molecule has 0 radical (unpaired) electrons. The number of benzene rings is 1. The molecule has 0 spiro atoms. The predicted molar refractivity (Wildman–Crippen MR) is 65.2 cm³/mol. The summed E-state index contributed by atoms with van der Waals surface area (Å²) in [6.07, 6.45) is 1.07. The molecule has 2 rings (SSSR count). The second-order valence-electron chi connectivity index (χ2n) is 3.48. The van der Waals surface area contributed by atoms with Crippen LogP contribution >= 0.6 is 0 Å². The van der Waals surface area contributed by atoms with E-state index in [1.807, 2.05) is 0 Å². The molecule has 0 unspecified atom stereocenters. The van der Waals surface area contributed by atoms with Crippen LogP contribution < -0.4 is 5.43 Å². The molecule has 6 nitrogen and oxygen atoms in total. The van der Waals surface area contributed by atoms with Gasteiger partial charge in [0.05, 0.1) is 16.5 Å². The van der Waals surface area contributed by atoms with Gasteiger partial charge < -0.3 is 10.1 Å². The number of aromatic amines is 1. The van der Waals surface area contributed by atoms with E-state index < -0.39 is 16.0 Å². The summed E-state index contributed by atoms with van der Waals surface area (Å²) in [4.78, 5) is 24.4. The number of rotatable bonds is 1. The zero-order valence-electron chi connectivity index (χ0n) is 9.14. The Balaban J connectivity index is 2.70. The minimum atomic E-state index is -0.732. The molecule has 0 bridgehead atoms. The van der Waals surface area contributed by atoms with Crippen molar-refractivity contribution in [3.8, 4) is 11.8 Å². The lowest BCUT2D eigenvalue weighted by Gasteiger charge is -1.98. The number of aromatic nitrogens is 1. The molecule has 1 aromatic carbocycles. The first-order valence-electron chi connectivity index (χ1n) is 5.03. The fourth-order valence-electron chi connectivity index (χ4n) is 1.56. The normalized spacial score (nSPS) is 9.83. The maximum Gasteiger partial charge on any atom is 0.332 e. The van der Waals surface area contributed by atoms with Gasteiger partial charge in [0.15, 0.2) is 0 Å². The molecule has 1 aromatic heterocycles. The van der Waals surface area contributed by atoms with Crippen LogP contribution in [0.3, 0.4) is 0 Å². The van der Waals surface area contributed by atoms with Crippen LogP contribution in [0.25, 0.3) is 10.9 Å². The van der Waals surface area contributed by atoms with Crippen molar-refractivity contribution in [3.63, 3.8) is 0 Å². The summed E-state index contributed by atoms with van der Waals surface area (Å²) in [7, 11) is 0. The molecule has 0 saturated carbocycles. The van der Waals surface area contributed by atoms with Crippen molar-refractivity contribution < 1.29 is 10.0 Å². The van der Waals surface area contributed by atoms with E-state index in [1.54, 1.807) is 12.1 Å². The second-order valence-corrected chi connectivity index (χ2v) is 3.48. The Labute approximate surface area is 101 Å². The number of aliphatic hydroxyl groups excluding tert-OH is 1. The molecule has 2 N–H and O–H groups in total. The van der Waals surface area contributed by atoms with Gasteiger partial charge in [-0.05, 0) is 18.2 Å². The summed E-state index contributed by atoms with van der Waals surface area (Å²) in [6, 6.07) is 4.73. The Morgan fingerprint density at radius 2 is 2.22 bits per heavy atom. The molecule has 0 atom stereocenters. The van der Waals surface area contributed by atoms with E-state index >= 15 is 0 Å². The summed E-state index contributed by atoms with van der Waals surface area (Å²) < 4.78 is 0. The van der Waals surface area contributed by atoms with Crippen LogP contribution in [0.4, 0.5) is 5.69 Å². The first kappa shape index (κ1) is 11.8. The maximum atomic E-state index is 11.8. The highest BCUT2D eigenvalue weighted by molar-refractivity contribution is 5.81. The fourth-order valence-corrected chi connectivity index (χ4v) is 1.56. The van der Waals surface area contributed by atoms with Crippen LogP contribution in [0.15, 0.2) is 29.2 Å². The summed E-state index contributed by atoms with van der Waals surface area (Å²) >= 11 is 0. The molecule has 0 aliphatic carbocycles. The van der Waals surface area contributed by atoms with Crippen LogP contribution in [0.2, 0.25) is 0 Å². The van der Waals surface area contributed by atoms with Gasteiger partial charge in [0, 0.05) is 11.1 Å². The second kappa shape index (κ2) is 4.69. The van der Waals surface area contributed by atoms with Crippen molar-refractivity contribution in [2.45, 2.75) is 0 Å². The highest BCUT2D eigenvalue weighted by Gasteiger charge is 2.14. The number of H-pyrrole nitrogens is 1. The largest absolute Gasteiger partial charge is 0.384 e. The molecular weight excluding hydrogens is 236 g/mol. The monoisotopic (exact) mass is 244 g/mol. The van der Waals surface area contributed by atoms with Gasteiger partial charge >= 0.3 is 5.69 Å². The molecular formula is C12H8N2O4. The molecule has 90 valence electrons. The summed E-state index contributed by atoms with van der Waals surface area (Å²) in [5, 5.41) is 19.4. The zero-order valence-corrected chi connectivity index (χ0v) is 9.14. The minimum absolute atomic E-state index is 0.203. The Bertz CT molecular complexity index is 737. The quantitative estimate of drug-likeness (QED) is 0.440. The molecule has 0 fully saturated rings. The topological polar surface area (TPSA) is 96.2 Å². The van der Waals surface area contributed by atoms with Crippen LogP contribution in [0.5, 0.6) is 0 Å². The average Bonchev–Trinajstić information content (AvgIpc) is 2.36. The number of nitrogens with zero attached hydrogens (tertiary/aromatic N) is 1. The summed E-state index contributed by atoms with van der Waals surface area (Å²) in [5.41, 5.74) is -0.140. The fraction of sp³-hybridized carbons (Fsp3) is 0.0833. The minimum Gasteiger partial charge on any atom is -0.384 e. The summed E-state index contributed by atoms with van der Waals surface area (Å²) in [5.74, 6) is 5.09. The number of pyridine rings is 1. The van der Waals surface area contributed by atoms with Crippen LogP contribution in [-0.2, 0) is 0 Å². The molecule has 6 heteroatoms. The first-order valence-corrected chi connectivity index (χ1v) is 5.03.